The number of anilines is 2. The third-order valence-corrected chi connectivity index (χ3v) is 4.47. The van der Waals surface area contributed by atoms with Gasteiger partial charge in [0.25, 0.3) is 0 Å². The van der Waals surface area contributed by atoms with E-state index in [2.05, 4.69) is 18.7 Å². The SMILES string of the molecule is CC1CCCN(c2cc(Cl)c(Cl)cc2N)C1C. The largest absolute Gasteiger partial charge is 0.397 e. The van der Waals surface area contributed by atoms with Gasteiger partial charge in [0.15, 0.2) is 0 Å². The predicted octanol–water partition coefficient (Wildman–Crippen LogP) is 4.20. The molecule has 0 spiro atoms. The van der Waals surface area contributed by atoms with E-state index in [1.807, 2.05) is 6.07 Å². The van der Waals surface area contributed by atoms with E-state index in [4.69, 9.17) is 28.9 Å². The third kappa shape index (κ3) is 2.48. The van der Waals surface area contributed by atoms with E-state index in [-0.39, 0.29) is 0 Å². The summed E-state index contributed by atoms with van der Waals surface area (Å²) in [4.78, 5) is 2.34. The lowest BCUT2D eigenvalue weighted by atomic mass is 9.91. The van der Waals surface area contributed by atoms with Crippen LogP contribution in [-0.4, -0.2) is 12.6 Å². The minimum Gasteiger partial charge on any atom is -0.397 e. The zero-order chi connectivity index (χ0) is 12.6. The first-order chi connectivity index (χ1) is 8.00. The van der Waals surface area contributed by atoms with Crippen LogP contribution >= 0.6 is 23.2 Å². The van der Waals surface area contributed by atoms with Crippen LogP contribution in [-0.2, 0) is 0 Å². The molecule has 94 valence electrons. The number of benzene rings is 1. The lowest BCUT2D eigenvalue weighted by Gasteiger charge is -2.40. The van der Waals surface area contributed by atoms with Crippen molar-refractivity contribution in [3.8, 4) is 0 Å². The lowest BCUT2D eigenvalue weighted by molar-refractivity contribution is 0.364. The number of piperidine rings is 1. The quantitative estimate of drug-likeness (QED) is 0.777. The van der Waals surface area contributed by atoms with Crippen LogP contribution in [0.25, 0.3) is 0 Å². The summed E-state index contributed by atoms with van der Waals surface area (Å²) in [6, 6.07) is 4.11. The van der Waals surface area contributed by atoms with Crippen molar-refractivity contribution in [2.45, 2.75) is 32.7 Å². The fourth-order valence-corrected chi connectivity index (χ4v) is 2.81. The van der Waals surface area contributed by atoms with Crippen LogP contribution in [0.2, 0.25) is 10.0 Å². The van der Waals surface area contributed by atoms with Gasteiger partial charge >= 0.3 is 0 Å². The Hall–Kier alpha value is -0.600. The molecule has 2 atom stereocenters. The number of rotatable bonds is 1. The van der Waals surface area contributed by atoms with E-state index in [0.29, 0.717) is 27.7 Å². The van der Waals surface area contributed by atoms with Gasteiger partial charge in [0.05, 0.1) is 21.4 Å². The van der Waals surface area contributed by atoms with Crippen molar-refractivity contribution < 1.29 is 0 Å². The zero-order valence-electron chi connectivity index (χ0n) is 10.2. The van der Waals surface area contributed by atoms with Crippen molar-refractivity contribution in [1.82, 2.24) is 0 Å². The highest BCUT2D eigenvalue weighted by Gasteiger charge is 2.26. The molecule has 1 aliphatic heterocycles. The van der Waals surface area contributed by atoms with Crippen molar-refractivity contribution in [3.05, 3.63) is 22.2 Å². The summed E-state index contributed by atoms with van der Waals surface area (Å²) < 4.78 is 0. The van der Waals surface area contributed by atoms with Gasteiger partial charge in [-0.25, -0.2) is 0 Å². The average molecular weight is 273 g/mol. The van der Waals surface area contributed by atoms with Crippen LogP contribution in [0.15, 0.2) is 12.1 Å². The van der Waals surface area contributed by atoms with Gasteiger partial charge in [-0.15, -0.1) is 0 Å². The highest BCUT2D eigenvalue weighted by atomic mass is 35.5. The van der Waals surface area contributed by atoms with Gasteiger partial charge < -0.3 is 10.6 Å². The second-order valence-corrected chi connectivity index (χ2v) is 5.69. The number of nitrogens with two attached hydrogens (primary N) is 1. The molecule has 2 nitrogen and oxygen atoms in total. The standard InChI is InChI=1S/C13H18Cl2N2/c1-8-4-3-5-17(9(8)2)13-7-11(15)10(14)6-12(13)16/h6-9H,3-5,16H2,1-2H3. The van der Waals surface area contributed by atoms with E-state index >= 15 is 0 Å². The molecule has 0 radical (unpaired) electrons. The topological polar surface area (TPSA) is 29.3 Å². The summed E-state index contributed by atoms with van der Waals surface area (Å²) in [5.74, 6) is 0.678. The zero-order valence-corrected chi connectivity index (χ0v) is 11.7. The Morgan fingerprint density at radius 1 is 1.24 bits per heavy atom. The van der Waals surface area contributed by atoms with Crippen LogP contribution in [0.1, 0.15) is 26.7 Å². The number of halogens is 2. The third-order valence-electron chi connectivity index (χ3n) is 3.75. The lowest BCUT2D eigenvalue weighted by Crippen LogP contribution is -2.42. The summed E-state index contributed by atoms with van der Waals surface area (Å²) in [6.45, 7) is 5.56. The van der Waals surface area contributed by atoms with E-state index in [1.165, 1.54) is 12.8 Å². The first-order valence-electron chi connectivity index (χ1n) is 6.02. The Morgan fingerprint density at radius 3 is 2.59 bits per heavy atom. The Bertz CT molecular complexity index is 420. The first-order valence-corrected chi connectivity index (χ1v) is 6.77. The first kappa shape index (κ1) is 12.8. The molecule has 1 aromatic rings. The van der Waals surface area contributed by atoms with E-state index in [9.17, 15) is 0 Å². The highest BCUT2D eigenvalue weighted by molar-refractivity contribution is 6.42. The normalized spacial score (nSPS) is 25.1. The predicted molar refractivity (Wildman–Crippen MR) is 76.1 cm³/mol. The maximum absolute atomic E-state index is 6.07. The molecule has 0 amide bonds. The maximum Gasteiger partial charge on any atom is 0.0618 e. The minimum absolute atomic E-state index is 0.489. The molecule has 2 N–H and O–H groups in total. The molecule has 0 saturated carbocycles. The Kier molecular flexibility index (Phi) is 3.74. The molecule has 1 saturated heterocycles. The molecular weight excluding hydrogens is 255 g/mol. The number of nitrogen functional groups attached to an aromatic ring is 1. The Morgan fingerprint density at radius 2 is 1.88 bits per heavy atom. The maximum atomic E-state index is 6.07. The van der Waals surface area contributed by atoms with Crippen LogP contribution in [0.4, 0.5) is 11.4 Å². The van der Waals surface area contributed by atoms with Crippen molar-refractivity contribution in [3.63, 3.8) is 0 Å². The van der Waals surface area contributed by atoms with Gasteiger partial charge in [-0.05, 0) is 37.8 Å². The minimum atomic E-state index is 0.489. The number of hydrogen-bond donors (Lipinski definition) is 1. The molecule has 0 bridgehead atoms. The van der Waals surface area contributed by atoms with Crippen LogP contribution in [0, 0.1) is 5.92 Å². The molecule has 1 fully saturated rings. The Balaban J connectivity index is 2.36. The molecule has 0 aromatic heterocycles. The van der Waals surface area contributed by atoms with Crippen molar-refractivity contribution >= 4 is 34.6 Å². The van der Waals surface area contributed by atoms with Crippen molar-refractivity contribution in [1.29, 1.82) is 0 Å². The molecule has 4 heteroatoms. The molecule has 1 aromatic carbocycles. The molecule has 0 aliphatic carbocycles. The van der Waals surface area contributed by atoms with Crippen LogP contribution in [0.5, 0.6) is 0 Å². The van der Waals surface area contributed by atoms with Gasteiger partial charge in [0.2, 0.25) is 0 Å². The molecule has 1 aliphatic rings. The number of nitrogens with zero attached hydrogens (tertiary/aromatic N) is 1. The van der Waals surface area contributed by atoms with Crippen molar-refractivity contribution in [2.24, 2.45) is 5.92 Å². The summed E-state index contributed by atoms with van der Waals surface area (Å²) >= 11 is 12.0. The van der Waals surface area contributed by atoms with Crippen LogP contribution in [0.3, 0.4) is 0 Å². The fraction of sp³-hybridized carbons (Fsp3) is 0.538. The molecule has 1 heterocycles. The van der Waals surface area contributed by atoms with E-state index in [0.717, 1.165) is 12.2 Å². The monoisotopic (exact) mass is 272 g/mol. The summed E-state index contributed by atoms with van der Waals surface area (Å²) in [7, 11) is 0. The summed E-state index contributed by atoms with van der Waals surface area (Å²) in [5.41, 5.74) is 7.77. The Labute approximate surface area is 113 Å². The molecule has 2 unspecified atom stereocenters. The van der Waals surface area contributed by atoms with Crippen LogP contribution < -0.4 is 10.6 Å². The van der Waals surface area contributed by atoms with Gasteiger partial charge in [0, 0.05) is 12.6 Å². The van der Waals surface area contributed by atoms with Crippen molar-refractivity contribution in [2.75, 3.05) is 17.2 Å². The second kappa shape index (κ2) is 4.95. The van der Waals surface area contributed by atoms with Gasteiger partial charge in [0.1, 0.15) is 0 Å². The van der Waals surface area contributed by atoms with E-state index in [1.54, 1.807) is 6.07 Å². The smallest absolute Gasteiger partial charge is 0.0618 e. The highest BCUT2D eigenvalue weighted by Crippen LogP contribution is 2.37. The summed E-state index contributed by atoms with van der Waals surface area (Å²) in [6.07, 6.45) is 2.48. The van der Waals surface area contributed by atoms with Gasteiger partial charge in [-0.3, -0.25) is 0 Å². The van der Waals surface area contributed by atoms with E-state index < -0.39 is 0 Å². The van der Waals surface area contributed by atoms with Gasteiger partial charge in [-0.2, -0.15) is 0 Å². The molecule has 17 heavy (non-hydrogen) atoms. The average Bonchev–Trinajstić information content (AvgIpc) is 2.28. The molecular formula is C13H18Cl2N2. The number of hydrogen-bond acceptors (Lipinski definition) is 2. The molecule has 2 rings (SSSR count). The second-order valence-electron chi connectivity index (χ2n) is 4.88. The summed E-state index contributed by atoms with van der Waals surface area (Å²) in [5, 5.41) is 1.09. The fourth-order valence-electron chi connectivity index (χ4n) is 2.48. The van der Waals surface area contributed by atoms with Gasteiger partial charge in [-0.1, -0.05) is 30.1 Å².